The van der Waals surface area contributed by atoms with Crippen LogP contribution in [0.3, 0.4) is 0 Å². The Morgan fingerprint density at radius 1 is 0.640 bits per heavy atom. The summed E-state index contributed by atoms with van der Waals surface area (Å²) in [7, 11) is 4.92. The molecule has 1 unspecified atom stereocenters. The lowest BCUT2D eigenvalue weighted by Crippen LogP contribution is -2.54. The highest BCUT2D eigenvalue weighted by Crippen LogP contribution is 2.47. The highest BCUT2D eigenvalue weighted by Gasteiger charge is 2.52. The van der Waals surface area contributed by atoms with Crippen LogP contribution in [-0.2, 0) is 14.2 Å². The normalized spacial score (nSPS) is 13.9. The molecular formula is C18H44N4O3. The Labute approximate surface area is 155 Å². The molecule has 0 aromatic carbocycles. The van der Waals surface area contributed by atoms with Crippen molar-refractivity contribution in [3.8, 4) is 0 Å². The zero-order valence-corrected chi connectivity index (χ0v) is 17.0. The van der Waals surface area contributed by atoms with Gasteiger partial charge in [0, 0.05) is 21.3 Å². The second-order valence-corrected chi connectivity index (χ2v) is 6.40. The van der Waals surface area contributed by atoms with Crippen molar-refractivity contribution in [2.24, 2.45) is 28.6 Å². The molecular weight excluding hydrogens is 320 g/mol. The Morgan fingerprint density at radius 3 is 1.56 bits per heavy atom. The van der Waals surface area contributed by atoms with Crippen molar-refractivity contribution >= 4 is 0 Å². The van der Waals surface area contributed by atoms with E-state index in [1.165, 1.54) is 32.1 Å². The summed E-state index contributed by atoms with van der Waals surface area (Å²) in [6, 6.07) is 0. The fourth-order valence-electron chi connectivity index (χ4n) is 3.69. The largest absolute Gasteiger partial charge is 0.330 e. The van der Waals surface area contributed by atoms with Crippen LogP contribution in [0.15, 0.2) is 0 Å². The number of unbranched alkanes of at least 4 members (excludes halogenated alkanes) is 5. The third-order valence-electron chi connectivity index (χ3n) is 4.95. The van der Waals surface area contributed by atoms with E-state index in [0.29, 0.717) is 13.1 Å². The van der Waals surface area contributed by atoms with E-state index in [1.54, 1.807) is 21.3 Å². The summed E-state index contributed by atoms with van der Waals surface area (Å²) >= 11 is 0. The average molecular weight is 365 g/mol. The summed E-state index contributed by atoms with van der Waals surface area (Å²) in [6.07, 6.45) is 11.1. The number of methoxy groups -OCH3 is 3. The van der Waals surface area contributed by atoms with E-state index in [1.807, 2.05) is 0 Å². The second-order valence-electron chi connectivity index (χ2n) is 6.40. The molecule has 0 aliphatic rings. The molecule has 7 nitrogen and oxygen atoms in total. The molecule has 0 aromatic rings. The Morgan fingerprint density at radius 2 is 1.12 bits per heavy atom. The first-order valence-corrected chi connectivity index (χ1v) is 9.50. The molecule has 0 saturated heterocycles. The average Bonchev–Trinajstić information content (AvgIpc) is 2.66. The molecule has 0 aliphatic carbocycles. The van der Waals surface area contributed by atoms with E-state index in [9.17, 15) is 0 Å². The van der Waals surface area contributed by atoms with Gasteiger partial charge in [-0.15, -0.1) is 0 Å². The van der Waals surface area contributed by atoms with Crippen molar-refractivity contribution in [2.45, 2.75) is 77.1 Å². The topological polar surface area (TPSA) is 132 Å². The van der Waals surface area contributed by atoms with Crippen molar-refractivity contribution in [1.82, 2.24) is 0 Å². The number of hydrazine groups is 1. The molecule has 0 aliphatic heterocycles. The minimum atomic E-state index is -1.05. The van der Waals surface area contributed by atoms with Crippen molar-refractivity contribution < 1.29 is 14.2 Å². The predicted octanol–water partition coefficient (Wildman–Crippen LogP) is 2.22. The third kappa shape index (κ3) is 8.77. The van der Waals surface area contributed by atoms with Gasteiger partial charge in [-0.1, -0.05) is 45.4 Å². The summed E-state index contributed by atoms with van der Waals surface area (Å²) in [5, 5.41) is 0. The number of ether oxygens (including phenoxy) is 3. The molecule has 0 amide bonds. The first kappa shape index (κ1) is 26.9. The van der Waals surface area contributed by atoms with Crippen LogP contribution in [0.1, 0.15) is 71.1 Å². The van der Waals surface area contributed by atoms with E-state index in [0.717, 1.165) is 32.1 Å². The zero-order chi connectivity index (χ0) is 19.6. The molecule has 0 saturated carbocycles. The molecule has 0 heterocycles. The molecule has 7 heteroatoms. The van der Waals surface area contributed by atoms with E-state index in [4.69, 9.17) is 25.7 Å². The van der Waals surface area contributed by atoms with Crippen LogP contribution < -0.4 is 23.2 Å². The SMILES string of the molecule is CCCCCCCCC(CCN)(CCCN)C(OC)(OC)OC.NN. The van der Waals surface area contributed by atoms with Gasteiger partial charge in [-0.3, -0.25) is 11.7 Å². The monoisotopic (exact) mass is 364 g/mol. The molecule has 0 spiro atoms. The van der Waals surface area contributed by atoms with Gasteiger partial charge >= 0.3 is 0 Å². The fraction of sp³-hybridized carbons (Fsp3) is 1.00. The highest BCUT2D eigenvalue weighted by molar-refractivity contribution is 4.89. The zero-order valence-electron chi connectivity index (χ0n) is 17.0. The molecule has 0 rings (SSSR count). The highest BCUT2D eigenvalue weighted by atomic mass is 16.9. The summed E-state index contributed by atoms with van der Waals surface area (Å²) in [5.74, 6) is 6.95. The van der Waals surface area contributed by atoms with Gasteiger partial charge in [0.2, 0.25) is 0 Å². The van der Waals surface area contributed by atoms with Gasteiger partial charge in [-0.05, 0) is 38.8 Å². The van der Waals surface area contributed by atoms with Gasteiger partial charge in [0.1, 0.15) is 0 Å². The number of hydrogen-bond donors (Lipinski definition) is 4. The van der Waals surface area contributed by atoms with Crippen molar-refractivity contribution in [3.05, 3.63) is 0 Å². The van der Waals surface area contributed by atoms with E-state index in [2.05, 4.69) is 18.6 Å². The number of hydrogen-bond acceptors (Lipinski definition) is 7. The van der Waals surface area contributed by atoms with E-state index in [-0.39, 0.29) is 5.41 Å². The maximum absolute atomic E-state index is 5.92. The van der Waals surface area contributed by atoms with Gasteiger partial charge in [0.05, 0.1) is 5.41 Å². The van der Waals surface area contributed by atoms with Crippen LogP contribution in [0.4, 0.5) is 0 Å². The quantitative estimate of drug-likeness (QED) is 0.143. The summed E-state index contributed by atoms with van der Waals surface area (Å²) in [5.41, 5.74) is 11.4. The van der Waals surface area contributed by atoms with Crippen LogP contribution in [0, 0.1) is 5.41 Å². The van der Waals surface area contributed by atoms with Gasteiger partial charge in [0.25, 0.3) is 5.97 Å². The summed E-state index contributed by atoms with van der Waals surface area (Å²) in [6.45, 7) is 3.47. The summed E-state index contributed by atoms with van der Waals surface area (Å²) in [4.78, 5) is 0. The van der Waals surface area contributed by atoms with Crippen LogP contribution >= 0.6 is 0 Å². The Hall–Kier alpha value is -0.280. The van der Waals surface area contributed by atoms with Crippen LogP contribution in [0.2, 0.25) is 0 Å². The minimum absolute atomic E-state index is 0.260. The lowest BCUT2D eigenvalue weighted by atomic mass is 9.73. The van der Waals surface area contributed by atoms with Gasteiger partial charge in [0.15, 0.2) is 0 Å². The van der Waals surface area contributed by atoms with Crippen LogP contribution in [0.25, 0.3) is 0 Å². The van der Waals surface area contributed by atoms with Gasteiger partial charge in [-0.2, -0.15) is 0 Å². The molecule has 25 heavy (non-hydrogen) atoms. The fourth-order valence-corrected chi connectivity index (χ4v) is 3.69. The lowest BCUT2D eigenvalue weighted by molar-refractivity contribution is -0.410. The maximum Gasteiger partial charge on any atom is 0.288 e. The number of rotatable bonds is 16. The molecule has 1 atom stereocenters. The molecule has 0 bridgehead atoms. The minimum Gasteiger partial charge on any atom is -0.330 e. The first-order valence-electron chi connectivity index (χ1n) is 9.50. The lowest BCUT2D eigenvalue weighted by Gasteiger charge is -2.47. The molecule has 8 N–H and O–H groups in total. The first-order chi connectivity index (χ1) is 12.1. The maximum atomic E-state index is 5.92. The number of nitrogens with two attached hydrogens (primary N) is 4. The molecule has 0 fully saturated rings. The van der Waals surface area contributed by atoms with Gasteiger partial charge in [-0.25, -0.2) is 0 Å². The van der Waals surface area contributed by atoms with Crippen molar-refractivity contribution in [3.63, 3.8) is 0 Å². The van der Waals surface area contributed by atoms with Crippen molar-refractivity contribution in [2.75, 3.05) is 34.4 Å². The van der Waals surface area contributed by atoms with Crippen molar-refractivity contribution in [1.29, 1.82) is 0 Å². The van der Waals surface area contributed by atoms with E-state index >= 15 is 0 Å². The molecule has 154 valence electrons. The standard InChI is InChI=1S/C18H40N2O3.H4N2/c1-5-6-7-8-9-10-12-17(14-16-20,13-11-15-19)18(21-2,22-3)23-4;1-2/h5-16,19-20H2,1-4H3;1-2H2. The molecule has 0 aromatic heterocycles. The Balaban J connectivity index is 0. The second kappa shape index (κ2) is 17.1. The smallest absolute Gasteiger partial charge is 0.288 e. The Kier molecular flexibility index (Phi) is 18.5. The Bertz CT molecular complexity index is 271. The summed E-state index contributed by atoms with van der Waals surface area (Å²) < 4.78 is 17.1. The molecule has 0 radical (unpaired) electrons. The van der Waals surface area contributed by atoms with E-state index < -0.39 is 5.97 Å². The van der Waals surface area contributed by atoms with Gasteiger partial charge < -0.3 is 25.7 Å². The third-order valence-corrected chi connectivity index (χ3v) is 4.95. The predicted molar refractivity (Wildman–Crippen MR) is 105 cm³/mol. The van der Waals surface area contributed by atoms with Crippen LogP contribution in [-0.4, -0.2) is 40.4 Å². The van der Waals surface area contributed by atoms with Crippen LogP contribution in [0.5, 0.6) is 0 Å².